The molecule has 0 amide bonds. The highest BCUT2D eigenvalue weighted by Gasteiger charge is 2.00. The molecule has 0 radical (unpaired) electrons. The van der Waals surface area contributed by atoms with E-state index in [1.807, 2.05) is 32.0 Å². The van der Waals surface area contributed by atoms with Crippen LogP contribution < -0.4 is 0 Å². The minimum Gasteiger partial charge on any atom is -0.302 e. The first-order valence-corrected chi connectivity index (χ1v) is 5.53. The third-order valence-electron chi connectivity index (χ3n) is 1.94. The zero-order valence-corrected chi connectivity index (χ0v) is 10.3. The van der Waals surface area contributed by atoms with Crippen LogP contribution in [0, 0.1) is 0 Å². The maximum Gasteiger partial charge on any atom is 0.0451 e. The van der Waals surface area contributed by atoms with Crippen LogP contribution >= 0.6 is 11.6 Å². The van der Waals surface area contributed by atoms with E-state index in [0.717, 1.165) is 18.1 Å². The van der Waals surface area contributed by atoms with E-state index in [9.17, 15) is 0 Å². The topological polar surface area (TPSA) is 3.24 Å². The van der Waals surface area contributed by atoms with E-state index in [-0.39, 0.29) is 0 Å². The molecule has 0 heterocycles. The molecule has 0 aliphatic carbocycles. The van der Waals surface area contributed by atoms with Crippen LogP contribution in [0.3, 0.4) is 0 Å². The van der Waals surface area contributed by atoms with E-state index in [4.69, 9.17) is 11.6 Å². The predicted octanol–water partition coefficient (Wildman–Crippen LogP) is 3.82. The summed E-state index contributed by atoms with van der Waals surface area (Å²) >= 11 is 6.00. The van der Waals surface area contributed by atoms with Crippen molar-refractivity contribution < 1.29 is 0 Å². The van der Waals surface area contributed by atoms with Crippen molar-refractivity contribution in [2.24, 2.45) is 0 Å². The lowest BCUT2D eigenvalue weighted by Crippen LogP contribution is -2.16. The quantitative estimate of drug-likeness (QED) is 0.738. The molecule has 0 atom stereocenters. The molecule has 80 valence electrons. The third kappa shape index (κ3) is 4.64. The fourth-order valence-electron chi connectivity index (χ4n) is 1.03. The second-order valence-corrected chi connectivity index (χ2v) is 3.33. The summed E-state index contributed by atoms with van der Waals surface area (Å²) in [5, 5.41) is 0.859. The third-order valence-corrected chi connectivity index (χ3v) is 2.31. The SMILES string of the molecule is CC.CCN(C)Cc1ccccc1Cl. The average Bonchev–Trinajstić information content (AvgIpc) is 2.24. The summed E-state index contributed by atoms with van der Waals surface area (Å²) in [7, 11) is 2.09. The molecule has 1 nitrogen and oxygen atoms in total. The molecule has 14 heavy (non-hydrogen) atoms. The van der Waals surface area contributed by atoms with Gasteiger partial charge in [-0.25, -0.2) is 0 Å². The summed E-state index contributed by atoms with van der Waals surface area (Å²) in [6.45, 7) is 8.11. The van der Waals surface area contributed by atoms with Gasteiger partial charge in [0.1, 0.15) is 0 Å². The maximum absolute atomic E-state index is 6.00. The van der Waals surface area contributed by atoms with Crippen LogP contribution in [-0.4, -0.2) is 18.5 Å². The van der Waals surface area contributed by atoms with E-state index in [1.165, 1.54) is 5.56 Å². The first-order chi connectivity index (χ1) is 6.74. The van der Waals surface area contributed by atoms with E-state index < -0.39 is 0 Å². The van der Waals surface area contributed by atoms with Crippen LogP contribution in [0.15, 0.2) is 24.3 Å². The first-order valence-electron chi connectivity index (χ1n) is 5.16. The van der Waals surface area contributed by atoms with Gasteiger partial charge in [0.15, 0.2) is 0 Å². The number of benzene rings is 1. The molecule has 0 spiro atoms. The minimum atomic E-state index is 0.859. The first kappa shape index (κ1) is 13.5. The lowest BCUT2D eigenvalue weighted by Gasteiger charge is -2.14. The summed E-state index contributed by atoms with van der Waals surface area (Å²) in [6, 6.07) is 7.97. The number of rotatable bonds is 3. The normalized spacial score (nSPS) is 9.57. The fraction of sp³-hybridized carbons (Fsp3) is 0.500. The van der Waals surface area contributed by atoms with E-state index >= 15 is 0 Å². The number of nitrogens with zero attached hydrogens (tertiary/aromatic N) is 1. The van der Waals surface area contributed by atoms with Gasteiger partial charge in [-0.05, 0) is 25.2 Å². The van der Waals surface area contributed by atoms with Crippen LogP contribution in [0.5, 0.6) is 0 Å². The molecule has 0 saturated carbocycles. The summed E-state index contributed by atoms with van der Waals surface area (Å²) in [5.41, 5.74) is 1.20. The highest BCUT2D eigenvalue weighted by Crippen LogP contribution is 2.15. The van der Waals surface area contributed by atoms with Gasteiger partial charge in [0.25, 0.3) is 0 Å². The largest absolute Gasteiger partial charge is 0.302 e. The van der Waals surface area contributed by atoms with E-state index in [2.05, 4.69) is 24.9 Å². The van der Waals surface area contributed by atoms with Gasteiger partial charge in [-0.1, -0.05) is 50.6 Å². The van der Waals surface area contributed by atoms with Gasteiger partial charge in [-0.3, -0.25) is 0 Å². The summed E-state index contributed by atoms with van der Waals surface area (Å²) in [4.78, 5) is 2.22. The summed E-state index contributed by atoms with van der Waals surface area (Å²) in [5.74, 6) is 0. The highest BCUT2D eigenvalue weighted by molar-refractivity contribution is 6.31. The van der Waals surface area contributed by atoms with Crippen LogP contribution in [-0.2, 0) is 6.54 Å². The van der Waals surface area contributed by atoms with Crippen LogP contribution in [0.2, 0.25) is 5.02 Å². The van der Waals surface area contributed by atoms with Gasteiger partial charge in [0.05, 0.1) is 0 Å². The van der Waals surface area contributed by atoms with Gasteiger partial charge in [0, 0.05) is 11.6 Å². The molecule has 1 rings (SSSR count). The van der Waals surface area contributed by atoms with Crippen molar-refractivity contribution in [2.75, 3.05) is 13.6 Å². The molecular weight excluding hydrogens is 194 g/mol. The van der Waals surface area contributed by atoms with Crippen LogP contribution in [0.1, 0.15) is 26.3 Å². The molecular formula is C12H20ClN. The fourth-order valence-corrected chi connectivity index (χ4v) is 1.22. The van der Waals surface area contributed by atoms with Crippen molar-refractivity contribution >= 4 is 11.6 Å². The second kappa shape index (κ2) is 7.84. The molecule has 1 aromatic rings. The molecule has 0 aromatic heterocycles. The molecule has 1 aromatic carbocycles. The number of hydrogen-bond donors (Lipinski definition) is 0. The molecule has 0 bridgehead atoms. The van der Waals surface area contributed by atoms with Gasteiger partial charge in [-0.2, -0.15) is 0 Å². The molecule has 0 aliphatic rings. The molecule has 0 fully saturated rings. The van der Waals surface area contributed by atoms with E-state index in [0.29, 0.717) is 0 Å². The Morgan fingerprint density at radius 1 is 1.21 bits per heavy atom. The van der Waals surface area contributed by atoms with Gasteiger partial charge >= 0.3 is 0 Å². The van der Waals surface area contributed by atoms with Crippen LogP contribution in [0.4, 0.5) is 0 Å². The van der Waals surface area contributed by atoms with Crippen molar-refractivity contribution in [1.82, 2.24) is 4.90 Å². The number of halogens is 1. The summed E-state index contributed by atoms with van der Waals surface area (Å²) < 4.78 is 0. The summed E-state index contributed by atoms with van der Waals surface area (Å²) in [6.07, 6.45) is 0. The molecule has 0 unspecified atom stereocenters. The van der Waals surface area contributed by atoms with Crippen molar-refractivity contribution in [3.63, 3.8) is 0 Å². The van der Waals surface area contributed by atoms with Crippen molar-refractivity contribution in [1.29, 1.82) is 0 Å². The Kier molecular flexibility index (Phi) is 7.54. The van der Waals surface area contributed by atoms with Crippen molar-refractivity contribution in [3.8, 4) is 0 Å². The maximum atomic E-state index is 6.00. The average molecular weight is 214 g/mol. The van der Waals surface area contributed by atoms with Gasteiger partial charge < -0.3 is 4.90 Å². The van der Waals surface area contributed by atoms with Crippen molar-refractivity contribution in [3.05, 3.63) is 34.9 Å². The monoisotopic (exact) mass is 213 g/mol. The molecule has 0 saturated heterocycles. The van der Waals surface area contributed by atoms with Crippen molar-refractivity contribution in [2.45, 2.75) is 27.3 Å². The molecule has 2 heteroatoms. The smallest absolute Gasteiger partial charge is 0.0451 e. The molecule has 0 aliphatic heterocycles. The highest BCUT2D eigenvalue weighted by atomic mass is 35.5. The van der Waals surface area contributed by atoms with Gasteiger partial charge in [0.2, 0.25) is 0 Å². The Balaban J connectivity index is 0.000000791. The second-order valence-electron chi connectivity index (χ2n) is 2.92. The number of hydrogen-bond acceptors (Lipinski definition) is 1. The standard InChI is InChI=1S/C10H14ClN.C2H6/c1-3-12(2)8-9-6-4-5-7-10(9)11;1-2/h4-7H,3,8H2,1-2H3;1-2H3. The Labute approximate surface area is 92.7 Å². The Bertz CT molecular complexity index is 248. The zero-order valence-electron chi connectivity index (χ0n) is 9.55. The van der Waals surface area contributed by atoms with Gasteiger partial charge in [-0.15, -0.1) is 0 Å². The predicted molar refractivity (Wildman–Crippen MR) is 64.8 cm³/mol. The zero-order chi connectivity index (χ0) is 11.0. The van der Waals surface area contributed by atoms with E-state index in [1.54, 1.807) is 0 Å². The Hall–Kier alpha value is -0.530. The Morgan fingerprint density at radius 3 is 2.29 bits per heavy atom. The molecule has 0 N–H and O–H groups in total. The minimum absolute atomic E-state index is 0.859. The Morgan fingerprint density at radius 2 is 1.79 bits per heavy atom. The lowest BCUT2D eigenvalue weighted by molar-refractivity contribution is 0.346. The lowest BCUT2D eigenvalue weighted by atomic mass is 10.2. The van der Waals surface area contributed by atoms with Crippen LogP contribution in [0.25, 0.3) is 0 Å².